The molecule has 0 aromatic heterocycles. The molecule has 0 aliphatic carbocycles. The fraction of sp³-hybridized carbons (Fsp3) is 0.889. The van der Waals surface area contributed by atoms with Crippen LogP contribution in [0.15, 0.2) is 0 Å². The molecular weight excluding hydrogens is 208 g/mol. The molecule has 6 heteroatoms. The fourth-order valence-corrected chi connectivity index (χ4v) is 0.747. The third kappa shape index (κ3) is 4.92. The van der Waals surface area contributed by atoms with Gasteiger partial charge in [-0.3, -0.25) is 0 Å². The summed E-state index contributed by atoms with van der Waals surface area (Å²) in [4.78, 5) is 11.2. The lowest BCUT2D eigenvalue weighted by Gasteiger charge is -2.28. The van der Waals surface area contributed by atoms with E-state index in [0.29, 0.717) is 0 Å². The van der Waals surface area contributed by atoms with Crippen molar-refractivity contribution in [3.8, 4) is 0 Å². The summed E-state index contributed by atoms with van der Waals surface area (Å²) in [6.45, 7) is 1.66. The number of aliphatic hydroxyl groups excluding tert-OH is 1. The Morgan fingerprint density at radius 2 is 1.80 bits per heavy atom. The smallest absolute Gasteiger partial charge is 0.408 e. The predicted octanol–water partition coefficient (Wildman–Crippen LogP) is 1.18. The number of aliphatic hydroxyl groups is 1. The number of halogens is 2. The second kappa shape index (κ2) is 5.25. The maximum Gasteiger partial charge on any atom is 0.408 e. The molecule has 0 rings (SSSR count). The molecule has 0 aromatic rings. The molecule has 0 bridgehead atoms. The number of carbonyl (C=O) groups excluding carboxylic acids is 1. The number of carbonyl (C=O) groups is 1. The molecule has 4 nitrogen and oxygen atoms in total. The van der Waals surface area contributed by atoms with E-state index in [1.54, 1.807) is 20.8 Å². The van der Waals surface area contributed by atoms with Crippen LogP contribution in [0.1, 0.15) is 20.8 Å². The second-order valence-electron chi connectivity index (χ2n) is 4.33. The van der Waals surface area contributed by atoms with Crippen LogP contribution < -0.4 is 5.32 Å². The number of hydrogen-bond donors (Lipinski definition) is 2. The molecule has 0 aliphatic heterocycles. The summed E-state index contributed by atoms with van der Waals surface area (Å²) in [6, 6.07) is 0. The summed E-state index contributed by atoms with van der Waals surface area (Å²) in [5.41, 5.74) is -2.64. The molecule has 0 fully saturated rings. The second-order valence-corrected chi connectivity index (χ2v) is 4.33. The van der Waals surface area contributed by atoms with Crippen molar-refractivity contribution >= 4 is 6.09 Å². The van der Waals surface area contributed by atoms with Crippen molar-refractivity contribution in [3.05, 3.63) is 0 Å². The molecule has 0 radical (unpaired) electrons. The number of amides is 1. The van der Waals surface area contributed by atoms with Crippen molar-refractivity contribution in [1.29, 1.82) is 0 Å². The lowest BCUT2D eigenvalue weighted by molar-refractivity contribution is 0.0318. The average molecular weight is 225 g/mol. The molecule has 0 saturated heterocycles. The Morgan fingerprint density at radius 1 is 1.33 bits per heavy atom. The quantitative estimate of drug-likeness (QED) is 0.755. The van der Waals surface area contributed by atoms with Crippen LogP contribution in [0.3, 0.4) is 0 Å². The van der Waals surface area contributed by atoms with E-state index in [1.165, 1.54) is 0 Å². The highest BCUT2D eigenvalue weighted by Crippen LogP contribution is 2.11. The van der Waals surface area contributed by atoms with Crippen LogP contribution in [-0.4, -0.2) is 42.3 Å². The van der Waals surface area contributed by atoms with Crippen LogP contribution in [0, 0.1) is 0 Å². The van der Waals surface area contributed by atoms with Gasteiger partial charge >= 0.3 is 6.09 Å². The average Bonchev–Trinajstić information content (AvgIpc) is 2.11. The van der Waals surface area contributed by atoms with Crippen molar-refractivity contribution in [2.24, 2.45) is 0 Å². The Bertz CT molecular complexity index is 204. The minimum atomic E-state index is -1.89. The van der Waals surface area contributed by atoms with Crippen LogP contribution in [-0.2, 0) is 4.74 Å². The molecule has 0 heterocycles. The SMILES string of the molecule is CC(C)(C)OC(=O)NC(CO)(CF)CF. The fourth-order valence-electron chi connectivity index (χ4n) is 0.747. The monoisotopic (exact) mass is 225 g/mol. The van der Waals surface area contributed by atoms with E-state index in [4.69, 9.17) is 9.84 Å². The van der Waals surface area contributed by atoms with Gasteiger partial charge in [0.25, 0.3) is 0 Å². The van der Waals surface area contributed by atoms with Crippen molar-refractivity contribution in [3.63, 3.8) is 0 Å². The van der Waals surface area contributed by atoms with Crippen molar-refractivity contribution in [1.82, 2.24) is 5.32 Å². The molecule has 1 amide bonds. The molecule has 0 aliphatic rings. The first-order valence-electron chi connectivity index (χ1n) is 4.52. The Kier molecular flexibility index (Phi) is 4.93. The molecule has 0 saturated carbocycles. The zero-order chi connectivity index (χ0) is 12.1. The molecule has 90 valence electrons. The van der Waals surface area contributed by atoms with Crippen LogP contribution in [0.2, 0.25) is 0 Å². The topological polar surface area (TPSA) is 58.6 Å². The maximum atomic E-state index is 12.4. The summed E-state index contributed by atoms with van der Waals surface area (Å²) >= 11 is 0. The number of nitrogens with one attached hydrogen (secondary N) is 1. The van der Waals surface area contributed by atoms with Gasteiger partial charge in [0, 0.05) is 0 Å². The first-order valence-corrected chi connectivity index (χ1v) is 4.52. The first kappa shape index (κ1) is 14.1. The van der Waals surface area contributed by atoms with Gasteiger partial charge in [0.1, 0.15) is 24.5 Å². The Hall–Kier alpha value is -0.910. The lowest BCUT2D eigenvalue weighted by atomic mass is 10.1. The number of alkyl carbamates (subject to hydrolysis) is 1. The van der Waals surface area contributed by atoms with Crippen LogP contribution >= 0.6 is 0 Å². The largest absolute Gasteiger partial charge is 0.444 e. The van der Waals surface area contributed by atoms with Gasteiger partial charge in [-0.05, 0) is 20.8 Å². The van der Waals surface area contributed by atoms with Gasteiger partial charge in [-0.15, -0.1) is 0 Å². The third-order valence-electron chi connectivity index (χ3n) is 1.58. The van der Waals surface area contributed by atoms with Gasteiger partial charge in [0.05, 0.1) is 6.61 Å². The maximum absolute atomic E-state index is 12.4. The van der Waals surface area contributed by atoms with Crippen LogP contribution in [0.4, 0.5) is 13.6 Å². The Balaban J connectivity index is 4.36. The highest BCUT2D eigenvalue weighted by molar-refractivity contribution is 5.68. The molecule has 2 N–H and O–H groups in total. The van der Waals surface area contributed by atoms with Gasteiger partial charge < -0.3 is 15.2 Å². The zero-order valence-corrected chi connectivity index (χ0v) is 9.14. The summed E-state index contributed by atoms with van der Waals surface area (Å²) in [6.07, 6.45) is -0.952. The van der Waals surface area contributed by atoms with Gasteiger partial charge in [0.15, 0.2) is 0 Å². The predicted molar refractivity (Wildman–Crippen MR) is 51.1 cm³/mol. The minimum Gasteiger partial charge on any atom is -0.444 e. The summed E-state index contributed by atoms with van der Waals surface area (Å²) in [7, 11) is 0. The van der Waals surface area contributed by atoms with E-state index in [2.05, 4.69) is 0 Å². The van der Waals surface area contributed by atoms with Crippen molar-refractivity contribution < 1.29 is 23.4 Å². The molecule has 0 atom stereocenters. The van der Waals surface area contributed by atoms with Gasteiger partial charge in [-0.1, -0.05) is 0 Å². The number of rotatable bonds is 4. The number of ether oxygens (including phenoxy) is 1. The highest BCUT2D eigenvalue weighted by Gasteiger charge is 2.33. The van der Waals surface area contributed by atoms with E-state index < -0.39 is 37.2 Å². The summed E-state index contributed by atoms with van der Waals surface area (Å²) in [5.74, 6) is 0. The highest BCUT2D eigenvalue weighted by atomic mass is 19.1. The van der Waals surface area contributed by atoms with Crippen molar-refractivity contribution in [2.75, 3.05) is 20.0 Å². The van der Waals surface area contributed by atoms with Gasteiger partial charge in [-0.25, -0.2) is 13.6 Å². The van der Waals surface area contributed by atoms with Gasteiger partial charge in [0.2, 0.25) is 0 Å². The molecule has 15 heavy (non-hydrogen) atoms. The minimum absolute atomic E-state index is 0.752. The Morgan fingerprint density at radius 3 is 2.07 bits per heavy atom. The number of alkyl halides is 2. The summed E-state index contributed by atoms with van der Waals surface area (Å²) in [5, 5.41) is 10.7. The van der Waals surface area contributed by atoms with Gasteiger partial charge in [-0.2, -0.15) is 0 Å². The normalized spacial score (nSPS) is 12.4. The first-order chi connectivity index (χ1) is 6.78. The zero-order valence-electron chi connectivity index (χ0n) is 9.14. The number of hydrogen-bond acceptors (Lipinski definition) is 3. The molecular formula is C9H17F2NO3. The van der Waals surface area contributed by atoms with E-state index in [0.717, 1.165) is 0 Å². The van der Waals surface area contributed by atoms with E-state index >= 15 is 0 Å². The standard InChI is InChI=1S/C9H17F2NO3/c1-8(2,3)15-7(14)12-9(4-10,5-11)6-13/h13H,4-6H2,1-3H3,(H,12,14). The lowest BCUT2D eigenvalue weighted by Crippen LogP contribution is -2.56. The molecule has 0 aromatic carbocycles. The molecule has 0 spiro atoms. The van der Waals surface area contributed by atoms with E-state index in [9.17, 15) is 13.6 Å². The van der Waals surface area contributed by atoms with E-state index in [1.807, 2.05) is 5.32 Å². The Labute approximate surface area is 87.6 Å². The third-order valence-corrected chi connectivity index (χ3v) is 1.58. The van der Waals surface area contributed by atoms with Crippen LogP contribution in [0.5, 0.6) is 0 Å². The molecule has 0 unspecified atom stereocenters. The van der Waals surface area contributed by atoms with Crippen molar-refractivity contribution in [2.45, 2.75) is 31.9 Å². The summed E-state index contributed by atoms with van der Waals surface area (Å²) < 4.78 is 29.7. The van der Waals surface area contributed by atoms with Crippen LogP contribution in [0.25, 0.3) is 0 Å². The van der Waals surface area contributed by atoms with E-state index in [-0.39, 0.29) is 0 Å².